The van der Waals surface area contributed by atoms with Crippen molar-refractivity contribution in [3.8, 4) is 0 Å². The first-order valence-corrected chi connectivity index (χ1v) is 5.68. The molecule has 0 fully saturated rings. The fraction of sp³-hybridized carbons (Fsp3) is 0.231. The van der Waals surface area contributed by atoms with Gasteiger partial charge in [-0.15, -0.1) is 0 Å². The molecule has 0 saturated heterocycles. The van der Waals surface area contributed by atoms with Crippen LogP contribution in [0.25, 0.3) is 0 Å². The number of nitrogens with two attached hydrogens (primary N) is 1. The van der Waals surface area contributed by atoms with Gasteiger partial charge in [-0.2, -0.15) is 5.10 Å². The molecule has 0 bridgehead atoms. The predicted molar refractivity (Wildman–Crippen MR) is 71.2 cm³/mol. The van der Waals surface area contributed by atoms with Crippen LogP contribution in [0.5, 0.6) is 0 Å². The second-order valence-electron chi connectivity index (χ2n) is 4.20. The van der Waals surface area contributed by atoms with E-state index in [0.29, 0.717) is 5.69 Å². The fourth-order valence-corrected chi connectivity index (χ4v) is 1.64. The van der Waals surface area contributed by atoms with E-state index >= 15 is 0 Å². The first-order chi connectivity index (χ1) is 8.56. The van der Waals surface area contributed by atoms with Crippen molar-refractivity contribution in [1.29, 1.82) is 0 Å². The summed E-state index contributed by atoms with van der Waals surface area (Å²) >= 11 is 0. The van der Waals surface area contributed by atoms with Crippen LogP contribution in [0.4, 0.5) is 11.4 Å². The van der Waals surface area contributed by atoms with Gasteiger partial charge >= 0.3 is 0 Å². The summed E-state index contributed by atoms with van der Waals surface area (Å²) in [6.07, 6.45) is 1.80. The van der Waals surface area contributed by atoms with E-state index in [4.69, 9.17) is 5.73 Å². The highest BCUT2D eigenvalue weighted by Gasteiger charge is 2.11. The van der Waals surface area contributed by atoms with Crippen LogP contribution in [0.3, 0.4) is 0 Å². The van der Waals surface area contributed by atoms with Crippen LogP contribution in [0.1, 0.15) is 5.69 Å². The van der Waals surface area contributed by atoms with Crippen LogP contribution in [-0.4, -0.2) is 22.7 Å². The number of carbonyl (C=O) groups is 1. The molecule has 0 aliphatic rings. The van der Waals surface area contributed by atoms with E-state index in [0.717, 1.165) is 11.4 Å². The minimum Gasteiger partial charge on any atom is -0.399 e. The summed E-state index contributed by atoms with van der Waals surface area (Å²) in [6.45, 7) is 2.12. The minimum atomic E-state index is -0.0251. The number of amides is 1. The van der Waals surface area contributed by atoms with Crippen molar-refractivity contribution >= 4 is 17.3 Å². The van der Waals surface area contributed by atoms with Gasteiger partial charge in [-0.05, 0) is 37.3 Å². The van der Waals surface area contributed by atoms with Gasteiger partial charge in [-0.3, -0.25) is 9.48 Å². The topological polar surface area (TPSA) is 64.2 Å². The average molecular weight is 244 g/mol. The fourth-order valence-electron chi connectivity index (χ4n) is 1.64. The van der Waals surface area contributed by atoms with E-state index in [1.54, 1.807) is 35.0 Å². The van der Waals surface area contributed by atoms with Gasteiger partial charge in [-0.1, -0.05) is 0 Å². The first kappa shape index (κ1) is 12.2. The third kappa shape index (κ3) is 2.68. The second kappa shape index (κ2) is 4.91. The number of hydrogen-bond acceptors (Lipinski definition) is 3. The highest BCUT2D eigenvalue weighted by Crippen LogP contribution is 2.15. The highest BCUT2D eigenvalue weighted by molar-refractivity contribution is 5.92. The molecule has 94 valence electrons. The molecule has 0 radical (unpaired) electrons. The summed E-state index contributed by atoms with van der Waals surface area (Å²) < 4.78 is 1.63. The van der Waals surface area contributed by atoms with Crippen LogP contribution in [0.15, 0.2) is 36.5 Å². The lowest BCUT2D eigenvalue weighted by Gasteiger charge is -2.17. The molecule has 2 aromatic rings. The Balaban J connectivity index is 2.07. The Hall–Kier alpha value is -2.30. The molecule has 1 amide bonds. The minimum absolute atomic E-state index is 0.0251. The normalized spacial score (nSPS) is 10.3. The molecule has 5 heteroatoms. The van der Waals surface area contributed by atoms with Crippen LogP contribution in [0, 0.1) is 6.92 Å². The van der Waals surface area contributed by atoms with Crippen molar-refractivity contribution in [2.24, 2.45) is 0 Å². The summed E-state index contributed by atoms with van der Waals surface area (Å²) in [5.74, 6) is -0.0251. The standard InChI is InChI=1S/C13H16N4O/c1-10-7-8-17(15-10)9-13(18)16(2)12-5-3-11(14)4-6-12/h3-8H,9,14H2,1-2H3. The molecule has 2 N–H and O–H groups in total. The molecule has 0 aliphatic heterocycles. The van der Waals surface area contributed by atoms with Crippen LogP contribution in [0.2, 0.25) is 0 Å². The maximum atomic E-state index is 12.0. The molecule has 0 atom stereocenters. The van der Waals surface area contributed by atoms with Crippen molar-refractivity contribution < 1.29 is 4.79 Å². The number of anilines is 2. The van der Waals surface area contributed by atoms with Crippen molar-refractivity contribution in [1.82, 2.24) is 9.78 Å². The zero-order valence-corrected chi connectivity index (χ0v) is 10.5. The third-order valence-corrected chi connectivity index (χ3v) is 2.73. The van der Waals surface area contributed by atoms with Crippen molar-refractivity contribution in [3.05, 3.63) is 42.2 Å². The Morgan fingerprint density at radius 3 is 2.56 bits per heavy atom. The van der Waals surface area contributed by atoms with E-state index in [1.807, 2.05) is 25.1 Å². The van der Waals surface area contributed by atoms with E-state index in [9.17, 15) is 4.79 Å². The summed E-state index contributed by atoms with van der Waals surface area (Å²) in [4.78, 5) is 13.6. The second-order valence-corrected chi connectivity index (χ2v) is 4.20. The zero-order valence-electron chi connectivity index (χ0n) is 10.5. The molecule has 18 heavy (non-hydrogen) atoms. The predicted octanol–water partition coefficient (Wildman–Crippen LogP) is 1.44. The van der Waals surface area contributed by atoms with Crippen molar-refractivity contribution in [3.63, 3.8) is 0 Å². The van der Waals surface area contributed by atoms with Crippen LogP contribution in [-0.2, 0) is 11.3 Å². The van der Waals surface area contributed by atoms with Crippen molar-refractivity contribution in [2.45, 2.75) is 13.5 Å². The number of aromatic nitrogens is 2. The number of aryl methyl sites for hydroxylation is 1. The Labute approximate surface area is 106 Å². The van der Waals surface area contributed by atoms with Gasteiger partial charge in [0.15, 0.2) is 0 Å². The van der Waals surface area contributed by atoms with Crippen LogP contribution < -0.4 is 10.6 Å². The monoisotopic (exact) mass is 244 g/mol. The first-order valence-electron chi connectivity index (χ1n) is 5.68. The number of hydrogen-bond donors (Lipinski definition) is 1. The number of likely N-dealkylation sites (N-methyl/N-ethyl adjacent to an activating group) is 1. The van der Waals surface area contributed by atoms with Crippen molar-refractivity contribution in [2.75, 3.05) is 17.7 Å². The largest absolute Gasteiger partial charge is 0.399 e. The maximum absolute atomic E-state index is 12.0. The number of carbonyl (C=O) groups excluding carboxylic acids is 1. The lowest BCUT2D eigenvalue weighted by molar-refractivity contribution is -0.119. The molecule has 2 rings (SSSR count). The SMILES string of the molecule is Cc1ccn(CC(=O)N(C)c2ccc(N)cc2)n1. The van der Waals surface area contributed by atoms with E-state index < -0.39 is 0 Å². The average Bonchev–Trinajstić information content (AvgIpc) is 2.75. The molecule has 0 aliphatic carbocycles. The highest BCUT2D eigenvalue weighted by atomic mass is 16.2. The molecule has 0 unspecified atom stereocenters. The summed E-state index contributed by atoms with van der Waals surface area (Å²) in [5.41, 5.74) is 8.01. The van der Waals surface area contributed by atoms with Gasteiger partial charge in [0.1, 0.15) is 6.54 Å². The Morgan fingerprint density at radius 2 is 2.00 bits per heavy atom. The molecule has 0 saturated carbocycles. The zero-order chi connectivity index (χ0) is 13.1. The molecule has 1 heterocycles. The van der Waals surface area contributed by atoms with Gasteiger partial charge in [-0.25, -0.2) is 0 Å². The number of rotatable bonds is 3. The smallest absolute Gasteiger partial charge is 0.248 e. The van der Waals surface area contributed by atoms with Gasteiger partial charge < -0.3 is 10.6 Å². The quantitative estimate of drug-likeness (QED) is 0.831. The summed E-state index contributed by atoms with van der Waals surface area (Å²) in [5, 5.41) is 4.19. The maximum Gasteiger partial charge on any atom is 0.248 e. The van der Waals surface area contributed by atoms with E-state index in [1.165, 1.54) is 0 Å². The van der Waals surface area contributed by atoms with E-state index in [2.05, 4.69) is 5.10 Å². The molecular formula is C13H16N4O. The third-order valence-electron chi connectivity index (χ3n) is 2.73. The molecule has 1 aromatic heterocycles. The Bertz CT molecular complexity index is 544. The lowest BCUT2D eigenvalue weighted by atomic mass is 10.2. The molecule has 1 aromatic carbocycles. The lowest BCUT2D eigenvalue weighted by Crippen LogP contribution is -2.30. The van der Waals surface area contributed by atoms with E-state index in [-0.39, 0.29) is 12.5 Å². The summed E-state index contributed by atoms with van der Waals surface area (Å²) in [7, 11) is 1.74. The van der Waals surface area contributed by atoms with Gasteiger partial charge in [0.25, 0.3) is 0 Å². The van der Waals surface area contributed by atoms with Gasteiger partial charge in [0.05, 0.1) is 5.69 Å². The molecule has 5 nitrogen and oxygen atoms in total. The molecule has 0 spiro atoms. The van der Waals surface area contributed by atoms with Crippen LogP contribution >= 0.6 is 0 Å². The number of benzene rings is 1. The Morgan fingerprint density at radius 1 is 1.33 bits per heavy atom. The molecular weight excluding hydrogens is 228 g/mol. The van der Waals surface area contributed by atoms with Gasteiger partial charge in [0.2, 0.25) is 5.91 Å². The summed E-state index contributed by atoms with van der Waals surface area (Å²) in [6, 6.07) is 9.06. The number of nitrogen functional groups attached to an aromatic ring is 1. The Kier molecular flexibility index (Phi) is 3.32. The number of nitrogens with zero attached hydrogens (tertiary/aromatic N) is 3. The van der Waals surface area contributed by atoms with Gasteiger partial charge in [0, 0.05) is 24.6 Å².